The minimum atomic E-state index is 0.554. The van der Waals surface area contributed by atoms with Crippen LogP contribution in [0.3, 0.4) is 0 Å². The van der Waals surface area contributed by atoms with Crippen LogP contribution in [0.5, 0.6) is 0 Å². The van der Waals surface area contributed by atoms with Crippen LogP contribution in [-0.2, 0) is 0 Å². The predicted octanol–water partition coefficient (Wildman–Crippen LogP) is 7.42. The highest BCUT2D eigenvalue weighted by Crippen LogP contribution is 2.50. The fourth-order valence-electron chi connectivity index (χ4n) is 2.41. The van der Waals surface area contributed by atoms with Crippen molar-refractivity contribution in [1.82, 2.24) is 9.97 Å². The molecule has 0 aliphatic carbocycles. The molecule has 142 valence electrons. The molecule has 0 spiro atoms. The molecule has 4 nitrogen and oxygen atoms in total. The third-order valence-corrected chi connectivity index (χ3v) is 9.73. The Morgan fingerprint density at radius 2 is 1.00 bits per heavy atom. The maximum absolute atomic E-state index is 6.00. The van der Waals surface area contributed by atoms with Crippen LogP contribution in [0.2, 0.25) is 0 Å². The quantitative estimate of drug-likeness (QED) is 0.243. The van der Waals surface area contributed by atoms with E-state index >= 15 is 0 Å². The molecule has 0 radical (unpaired) electrons. The van der Waals surface area contributed by atoms with Gasteiger partial charge in [0.15, 0.2) is 10.3 Å². The van der Waals surface area contributed by atoms with Gasteiger partial charge in [0.1, 0.15) is 8.42 Å². The normalized spacial score (nSPS) is 11.1. The third-order valence-electron chi connectivity index (χ3n) is 3.65. The van der Waals surface area contributed by atoms with Crippen molar-refractivity contribution in [1.29, 1.82) is 0 Å². The molecule has 2 aromatic heterocycles. The van der Waals surface area contributed by atoms with Crippen molar-refractivity contribution in [3.63, 3.8) is 0 Å². The maximum atomic E-state index is 6.00. The summed E-state index contributed by atoms with van der Waals surface area (Å²) in [6.45, 7) is 0. The Labute approximate surface area is 194 Å². The number of thiazole rings is 2. The van der Waals surface area contributed by atoms with E-state index in [0.717, 1.165) is 39.9 Å². The standard InChI is InChI=1S/C18H12Br2N4S4/c19-11-5-1-9(2-6-11)13-15(25-17(21)23-13)27-28-16-14(24-18(22)26-16)10-3-7-12(20)8-4-10/h1-8H,(H2,21,23)(H2,22,24). The van der Waals surface area contributed by atoms with Gasteiger partial charge in [-0.15, -0.1) is 0 Å². The number of benzene rings is 2. The van der Waals surface area contributed by atoms with E-state index in [2.05, 4.69) is 41.8 Å². The average Bonchev–Trinajstić information content (AvgIpc) is 3.23. The van der Waals surface area contributed by atoms with Gasteiger partial charge in [0.2, 0.25) is 0 Å². The molecule has 0 aliphatic heterocycles. The van der Waals surface area contributed by atoms with Gasteiger partial charge in [0.05, 0.1) is 11.4 Å². The summed E-state index contributed by atoms with van der Waals surface area (Å²) in [6.07, 6.45) is 0. The fraction of sp³-hybridized carbons (Fsp3) is 0. The Morgan fingerprint density at radius 3 is 1.36 bits per heavy atom. The molecule has 4 N–H and O–H groups in total. The van der Waals surface area contributed by atoms with Crippen LogP contribution in [0.15, 0.2) is 65.9 Å². The number of hydrogen-bond acceptors (Lipinski definition) is 8. The van der Waals surface area contributed by atoms with Crippen molar-refractivity contribution in [3.05, 3.63) is 57.5 Å². The molecule has 0 bridgehead atoms. The second-order valence-corrected chi connectivity index (χ2v) is 12.1. The van der Waals surface area contributed by atoms with Gasteiger partial charge in [-0.05, 0) is 45.9 Å². The second kappa shape index (κ2) is 8.76. The topological polar surface area (TPSA) is 77.8 Å². The van der Waals surface area contributed by atoms with Crippen molar-refractivity contribution in [2.75, 3.05) is 11.5 Å². The van der Waals surface area contributed by atoms with Gasteiger partial charge in [0, 0.05) is 20.1 Å². The Balaban J connectivity index is 1.61. The molecule has 10 heteroatoms. The van der Waals surface area contributed by atoms with Gasteiger partial charge >= 0.3 is 0 Å². The number of rotatable bonds is 5. The zero-order chi connectivity index (χ0) is 19.7. The van der Waals surface area contributed by atoms with Crippen molar-refractivity contribution in [2.24, 2.45) is 0 Å². The van der Waals surface area contributed by atoms with E-state index in [4.69, 9.17) is 11.5 Å². The Hall–Kier alpha value is -1.04. The fourth-order valence-corrected chi connectivity index (χ4v) is 7.69. The molecule has 0 unspecified atom stereocenters. The number of nitrogens with zero attached hydrogens (tertiary/aromatic N) is 2. The molecule has 2 aromatic carbocycles. The van der Waals surface area contributed by atoms with E-state index in [1.54, 1.807) is 21.6 Å². The van der Waals surface area contributed by atoms with Crippen LogP contribution in [-0.4, -0.2) is 9.97 Å². The molecule has 0 aliphatic rings. The number of nitrogen functional groups attached to an aromatic ring is 2. The number of hydrogen-bond donors (Lipinski definition) is 2. The van der Waals surface area contributed by atoms with Crippen molar-refractivity contribution in [3.8, 4) is 22.5 Å². The minimum absolute atomic E-state index is 0.554. The Morgan fingerprint density at radius 1 is 0.643 bits per heavy atom. The van der Waals surface area contributed by atoms with Crippen LogP contribution >= 0.6 is 76.1 Å². The van der Waals surface area contributed by atoms with Crippen molar-refractivity contribution in [2.45, 2.75) is 8.42 Å². The zero-order valence-corrected chi connectivity index (χ0v) is 20.5. The number of nitrogens with two attached hydrogens (primary N) is 2. The SMILES string of the molecule is Nc1nc(-c2ccc(Br)cc2)c(SSc2sc(N)nc2-c2ccc(Br)cc2)s1. The molecule has 2 heterocycles. The van der Waals surface area contributed by atoms with Gasteiger partial charge in [-0.1, -0.05) is 78.8 Å². The zero-order valence-electron chi connectivity index (χ0n) is 14.1. The molecule has 4 aromatic rings. The van der Waals surface area contributed by atoms with Crippen molar-refractivity contribution >= 4 is 86.4 Å². The predicted molar refractivity (Wildman–Crippen MR) is 131 cm³/mol. The molecule has 0 saturated heterocycles. The molecule has 28 heavy (non-hydrogen) atoms. The van der Waals surface area contributed by atoms with E-state index in [1.807, 2.05) is 48.5 Å². The monoisotopic (exact) mass is 570 g/mol. The molecular formula is C18H12Br2N4S4. The largest absolute Gasteiger partial charge is 0.375 e. The van der Waals surface area contributed by atoms with Crippen LogP contribution < -0.4 is 11.5 Å². The van der Waals surface area contributed by atoms with Crippen molar-refractivity contribution < 1.29 is 0 Å². The highest BCUT2D eigenvalue weighted by Gasteiger charge is 2.17. The number of halogens is 2. The minimum Gasteiger partial charge on any atom is -0.375 e. The highest BCUT2D eigenvalue weighted by molar-refractivity contribution is 9.10. The van der Waals surface area contributed by atoms with Gasteiger partial charge < -0.3 is 11.5 Å². The number of aromatic nitrogens is 2. The van der Waals surface area contributed by atoms with Crippen LogP contribution in [0.1, 0.15) is 0 Å². The maximum Gasteiger partial charge on any atom is 0.181 e. The first-order valence-corrected chi connectivity index (χ1v) is 13.3. The molecule has 0 atom stereocenters. The van der Waals surface area contributed by atoms with E-state index in [9.17, 15) is 0 Å². The summed E-state index contributed by atoms with van der Waals surface area (Å²) in [5, 5.41) is 1.11. The van der Waals surface area contributed by atoms with E-state index in [1.165, 1.54) is 22.7 Å². The molecular weight excluding hydrogens is 560 g/mol. The van der Waals surface area contributed by atoms with E-state index in [-0.39, 0.29) is 0 Å². The molecule has 0 saturated carbocycles. The average molecular weight is 572 g/mol. The lowest BCUT2D eigenvalue weighted by Crippen LogP contribution is -1.83. The van der Waals surface area contributed by atoms with Gasteiger partial charge in [-0.25, -0.2) is 9.97 Å². The summed E-state index contributed by atoms with van der Waals surface area (Å²) in [6, 6.07) is 16.1. The summed E-state index contributed by atoms with van der Waals surface area (Å²) < 4.78 is 4.17. The number of anilines is 2. The molecule has 0 fully saturated rings. The van der Waals surface area contributed by atoms with E-state index in [0.29, 0.717) is 10.3 Å². The second-order valence-electron chi connectivity index (χ2n) is 5.56. The van der Waals surface area contributed by atoms with Crippen LogP contribution in [0.4, 0.5) is 10.3 Å². The van der Waals surface area contributed by atoms with Gasteiger partial charge in [0.25, 0.3) is 0 Å². The Bertz CT molecular complexity index is 1020. The Kier molecular flexibility index (Phi) is 6.34. The van der Waals surface area contributed by atoms with Crippen LogP contribution in [0.25, 0.3) is 22.5 Å². The summed E-state index contributed by atoms with van der Waals surface area (Å²) in [7, 11) is 3.26. The first-order valence-electron chi connectivity index (χ1n) is 7.88. The smallest absolute Gasteiger partial charge is 0.181 e. The summed E-state index contributed by atoms with van der Waals surface area (Å²) in [5.74, 6) is 0. The summed E-state index contributed by atoms with van der Waals surface area (Å²) >= 11 is 9.91. The molecule has 0 amide bonds. The first-order chi connectivity index (χ1) is 13.5. The first kappa shape index (κ1) is 20.2. The van der Waals surface area contributed by atoms with Gasteiger partial charge in [-0.3, -0.25) is 0 Å². The summed E-state index contributed by atoms with van der Waals surface area (Å²) in [4.78, 5) is 9.05. The van der Waals surface area contributed by atoms with E-state index < -0.39 is 0 Å². The molecule has 4 rings (SSSR count). The lowest BCUT2D eigenvalue weighted by Gasteiger charge is -2.03. The lowest BCUT2D eigenvalue weighted by atomic mass is 10.2. The lowest BCUT2D eigenvalue weighted by molar-refractivity contribution is 1.37. The van der Waals surface area contributed by atoms with Crippen LogP contribution in [0, 0.1) is 0 Å². The third kappa shape index (κ3) is 4.58. The summed E-state index contributed by atoms with van der Waals surface area (Å²) in [5.41, 5.74) is 15.9. The van der Waals surface area contributed by atoms with Gasteiger partial charge in [-0.2, -0.15) is 0 Å². The highest BCUT2D eigenvalue weighted by atomic mass is 79.9.